The van der Waals surface area contributed by atoms with E-state index in [-0.39, 0.29) is 0 Å². The molecule has 40 heavy (non-hydrogen) atoms. The van der Waals surface area contributed by atoms with Crippen LogP contribution < -0.4 is 0 Å². The maximum Gasteiger partial charge on any atom is 0.0102 e. The highest BCUT2D eigenvalue weighted by molar-refractivity contribution is 5.84. The fourth-order valence-electron chi connectivity index (χ4n) is 7.20. The summed E-state index contributed by atoms with van der Waals surface area (Å²) in [6.45, 7) is 0. The Balaban J connectivity index is 1.22. The molecular weight excluding hydrogens is 480 g/mol. The number of hydrogen-bond acceptors (Lipinski definition) is 0. The zero-order valence-electron chi connectivity index (χ0n) is 22.4. The molecule has 0 aliphatic heterocycles. The predicted molar refractivity (Wildman–Crippen MR) is 168 cm³/mol. The predicted octanol–water partition coefficient (Wildman–Crippen LogP) is 10.7. The van der Waals surface area contributed by atoms with Gasteiger partial charge in [0.05, 0.1) is 0 Å². The molecule has 0 heteroatoms. The summed E-state index contributed by atoms with van der Waals surface area (Å²) in [5, 5.41) is 0. The molecule has 0 aromatic heterocycles. The van der Waals surface area contributed by atoms with E-state index < -0.39 is 0 Å². The van der Waals surface area contributed by atoms with Crippen LogP contribution >= 0.6 is 0 Å². The fourth-order valence-corrected chi connectivity index (χ4v) is 7.20. The van der Waals surface area contributed by atoms with Crippen LogP contribution in [0.5, 0.6) is 0 Å². The Morgan fingerprint density at radius 2 is 0.675 bits per heavy atom. The minimum Gasteiger partial charge on any atom is -0.0622 e. The molecule has 0 saturated carbocycles. The number of hydrogen-bond donors (Lipinski definition) is 0. The highest BCUT2D eigenvalue weighted by Crippen LogP contribution is 2.52. The van der Waals surface area contributed by atoms with E-state index in [1.165, 1.54) is 66.8 Å². The SMILES string of the molecule is c1ccc(-c2ccc3c(c2)C(CCC2c4ccccc4-c4ccccc42)c2cc(-c4ccccc4)ccc2-3)cc1. The van der Waals surface area contributed by atoms with E-state index in [9.17, 15) is 0 Å². The summed E-state index contributed by atoms with van der Waals surface area (Å²) in [4.78, 5) is 0. The smallest absolute Gasteiger partial charge is 0.0102 e. The normalized spacial score (nSPS) is 13.5. The Hall–Kier alpha value is -4.68. The molecule has 0 N–H and O–H groups in total. The molecule has 8 rings (SSSR count). The van der Waals surface area contributed by atoms with Crippen LogP contribution in [0.25, 0.3) is 44.5 Å². The topological polar surface area (TPSA) is 0 Å². The van der Waals surface area contributed by atoms with Gasteiger partial charge in [0.25, 0.3) is 0 Å². The second kappa shape index (κ2) is 9.50. The third-order valence-electron chi connectivity index (χ3n) is 9.06. The highest BCUT2D eigenvalue weighted by atomic mass is 14.4. The maximum absolute atomic E-state index is 2.47. The fraction of sp³-hybridized carbons (Fsp3) is 0.100. The number of fused-ring (bicyclic) bond motifs is 6. The van der Waals surface area contributed by atoms with Gasteiger partial charge in [0.2, 0.25) is 0 Å². The molecule has 0 spiro atoms. The van der Waals surface area contributed by atoms with Crippen LogP contribution in [0.1, 0.15) is 46.9 Å². The summed E-state index contributed by atoms with van der Waals surface area (Å²) < 4.78 is 0. The molecule has 0 atom stereocenters. The Labute approximate surface area is 236 Å². The molecular formula is C40H30. The number of benzene rings is 6. The summed E-state index contributed by atoms with van der Waals surface area (Å²) in [6, 6.07) is 53.9. The van der Waals surface area contributed by atoms with E-state index in [1.807, 2.05) is 0 Å². The second-order valence-corrected chi connectivity index (χ2v) is 11.2. The van der Waals surface area contributed by atoms with E-state index >= 15 is 0 Å². The first-order valence-electron chi connectivity index (χ1n) is 14.4. The molecule has 0 nitrogen and oxygen atoms in total. The van der Waals surface area contributed by atoms with Crippen molar-refractivity contribution in [2.45, 2.75) is 24.7 Å². The van der Waals surface area contributed by atoms with E-state index in [0.717, 1.165) is 12.8 Å². The minimum atomic E-state index is 0.372. The van der Waals surface area contributed by atoms with Crippen LogP contribution in [0.3, 0.4) is 0 Å². The molecule has 0 saturated heterocycles. The molecule has 0 radical (unpaired) electrons. The van der Waals surface area contributed by atoms with Gasteiger partial charge in [-0.2, -0.15) is 0 Å². The molecule has 0 bridgehead atoms. The van der Waals surface area contributed by atoms with Crippen molar-refractivity contribution in [3.63, 3.8) is 0 Å². The van der Waals surface area contributed by atoms with Crippen LogP contribution in [-0.2, 0) is 0 Å². The maximum atomic E-state index is 2.47. The lowest BCUT2D eigenvalue weighted by atomic mass is 9.84. The summed E-state index contributed by atoms with van der Waals surface area (Å²) in [7, 11) is 0. The minimum absolute atomic E-state index is 0.372. The lowest BCUT2D eigenvalue weighted by Crippen LogP contribution is -2.03. The van der Waals surface area contributed by atoms with Gasteiger partial charge >= 0.3 is 0 Å². The molecule has 0 fully saturated rings. The van der Waals surface area contributed by atoms with Crippen LogP contribution in [0.15, 0.2) is 146 Å². The number of rotatable bonds is 5. The molecule has 0 amide bonds. The quantitative estimate of drug-likeness (QED) is 0.216. The lowest BCUT2D eigenvalue weighted by molar-refractivity contribution is 0.626. The van der Waals surface area contributed by atoms with Crippen molar-refractivity contribution >= 4 is 0 Å². The largest absolute Gasteiger partial charge is 0.0622 e. The molecule has 6 aromatic carbocycles. The van der Waals surface area contributed by atoms with Gasteiger partial charge in [-0.3, -0.25) is 0 Å². The van der Waals surface area contributed by atoms with Crippen LogP contribution in [0.4, 0.5) is 0 Å². The molecule has 0 heterocycles. The van der Waals surface area contributed by atoms with Gasteiger partial charge in [0, 0.05) is 11.8 Å². The van der Waals surface area contributed by atoms with Gasteiger partial charge in [-0.1, -0.05) is 133 Å². The zero-order valence-corrected chi connectivity index (χ0v) is 22.4. The monoisotopic (exact) mass is 510 g/mol. The van der Waals surface area contributed by atoms with Gasteiger partial charge < -0.3 is 0 Å². The van der Waals surface area contributed by atoms with Crippen molar-refractivity contribution in [3.8, 4) is 44.5 Å². The highest BCUT2D eigenvalue weighted by Gasteiger charge is 2.33. The molecule has 6 aromatic rings. The molecule has 2 aliphatic rings. The standard InChI is InChI=1S/C40H30/c1-3-11-27(12-4-1)29-19-21-36-37-22-20-30(28-13-5-2-6-14-28)26-40(37)38(39(36)25-29)24-23-35-33-17-9-7-15-31(33)32-16-8-10-18-34(32)35/h1-22,25-26,35,38H,23-24H2. The van der Waals surface area contributed by atoms with E-state index in [4.69, 9.17) is 0 Å². The summed E-state index contributed by atoms with van der Waals surface area (Å²) >= 11 is 0. The van der Waals surface area contributed by atoms with Crippen molar-refractivity contribution in [2.24, 2.45) is 0 Å². The zero-order chi connectivity index (χ0) is 26.5. The first-order valence-corrected chi connectivity index (χ1v) is 14.4. The van der Waals surface area contributed by atoms with Crippen molar-refractivity contribution < 1.29 is 0 Å². The van der Waals surface area contributed by atoms with Crippen molar-refractivity contribution in [1.82, 2.24) is 0 Å². The van der Waals surface area contributed by atoms with Gasteiger partial charge in [-0.05, 0) is 91.7 Å². The summed E-state index contributed by atoms with van der Waals surface area (Å²) in [5.74, 6) is 0.812. The van der Waals surface area contributed by atoms with E-state index in [2.05, 4.69) is 146 Å². The lowest BCUT2D eigenvalue weighted by Gasteiger charge is -2.20. The van der Waals surface area contributed by atoms with E-state index in [0.29, 0.717) is 11.8 Å². The van der Waals surface area contributed by atoms with Crippen molar-refractivity contribution in [2.75, 3.05) is 0 Å². The molecule has 190 valence electrons. The van der Waals surface area contributed by atoms with Crippen LogP contribution in [-0.4, -0.2) is 0 Å². The van der Waals surface area contributed by atoms with Crippen molar-refractivity contribution in [3.05, 3.63) is 168 Å². The molecule has 2 aliphatic carbocycles. The Kier molecular flexibility index (Phi) is 5.52. The van der Waals surface area contributed by atoms with E-state index in [1.54, 1.807) is 0 Å². The summed E-state index contributed by atoms with van der Waals surface area (Å²) in [6.07, 6.45) is 2.24. The van der Waals surface area contributed by atoms with Gasteiger partial charge in [0.15, 0.2) is 0 Å². The Bertz CT molecular complexity index is 1710. The van der Waals surface area contributed by atoms with Crippen molar-refractivity contribution in [1.29, 1.82) is 0 Å². The molecule has 0 unspecified atom stereocenters. The van der Waals surface area contributed by atoms with Crippen LogP contribution in [0, 0.1) is 0 Å². The Morgan fingerprint density at radius 3 is 1.15 bits per heavy atom. The van der Waals surface area contributed by atoms with Gasteiger partial charge in [-0.25, -0.2) is 0 Å². The average molecular weight is 511 g/mol. The third-order valence-corrected chi connectivity index (χ3v) is 9.06. The van der Waals surface area contributed by atoms with Crippen LogP contribution in [0.2, 0.25) is 0 Å². The first kappa shape index (κ1) is 23.2. The second-order valence-electron chi connectivity index (χ2n) is 11.2. The Morgan fingerprint density at radius 1 is 0.300 bits per heavy atom. The third kappa shape index (κ3) is 3.75. The first-order chi connectivity index (χ1) is 19.8. The summed E-state index contributed by atoms with van der Waals surface area (Å²) in [5.41, 5.74) is 16.7. The average Bonchev–Trinajstić information content (AvgIpc) is 3.52. The van der Waals surface area contributed by atoms with Gasteiger partial charge in [-0.15, -0.1) is 0 Å². The van der Waals surface area contributed by atoms with Gasteiger partial charge in [0.1, 0.15) is 0 Å².